The van der Waals surface area contributed by atoms with Gasteiger partial charge in [0.05, 0.1) is 18.7 Å². The van der Waals surface area contributed by atoms with Crippen molar-refractivity contribution in [3.05, 3.63) is 65.0 Å². The number of ether oxygens (including phenoxy) is 2. The van der Waals surface area contributed by atoms with Crippen LogP contribution >= 0.6 is 11.8 Å². The summed E-state index contributed by atoms with van der Waals surface area (Å²) >= 11 is 6.23. The molecule has 0 saturated carbocycles. The quantitative estimate of drug-likeness (QED) is 0.237. The predicted molar refractivity (Wildman–Crippen MR) is 119 cm³/mol. The van der Waals surface area contributed by atoms with Gasteiger partial charge in [0, 0.05) is 31.0 Å². The summed E-state index contributed by atoms with van der Waals surface area (Å²) in [5.74, 6) is -1.04. The highest BCUT2D eigenvalue weighted by molar-refractivity contribution is 6.21. The van der Waals surface area contributed by atoms with Gasteiger partial charge in [-0.05, 0) is 38.2 Å². The molecule has 31 heavy (non-hydrogen) atoms. The van der Waals surface area contributed by atoms with Crippen LogP contribution in [-0.4, -0.2) is 55.4 Å². The van der Waals surface area contributed by atoms with Gasteiger partial charge in [-0.1, -0.05) is 30.3 Å². The highest BCUT2D eigenvalue weighted by Gasteiger charge is 2.31. The second-order valence-electron chi connectivity index (χ2n) is 7.24. The van der Waals surface area contributed by atoms with Crippen molar-refractivity contribution >= 4 is 23.5 Å². The molecule has 0 bridgehead atoms. The van der Waals surface area contributed by atoms with Crippen molar-refractivity contribution in [1.82, 2.24) is 9.32 Å². The van der Waals surface area contributed by atoms with E-state index in [2.05, 4.69) is 0 Å². The van der Waals surface area contributed by atoms with E-state index in [-0.39, 0.29) is 23.7 Å². The van der Waals surface area contributed by atoms with Gasteiger partial charge in [0.25, 0.3) is 5.91 Å². The van der Waals surface area contributed by atoms with Gasteiger partial charge in [-0.15, -0.1) is 0 Å². The maximum absolute atomic E-state index is 14.7. The summed E-state index contributed by atoms with van der Waals surface area (Å²) in [6.45, 7) is 1.24. The number of methoxy groups -OCH3 is 1. The van der Waals surface area contributed by atoms with Gasteiger partial charge >= 0.3 is 0 Å². The fraction of sp³-hybridized carbons (Fsp3) is 0.364. The number of amidine groups is 1. The van der Waals surface area contributed by atoms with Gasteiger partial charge in [0.1, 0.15) is 17.4 Å². The second kappa shape index (κ2) is 11.6. The van der Waals surface area contributed by atoms with E-state index in [0.29, 0.717) is 12.2 Å². The maximum Gasteiger partial charge on any atom is 0.271 e. The van der Waals surface area contributed by atoms with Gasteiger partial charge in [-0.25, -0.2) is 8.81 Å². The molecule has 0 aliphatic rings. The van der Waals surface area contributed by atoms with Crippen LogP contribution in [0.15, 0.2) is 42.5 Å². The van der Waals surface area contributed by atoms with E-state index >= 15 is 0 Å². The Hall–Kier alpha value is -2.68. The zero-order valence-corrected chi connectivity index (χ0v) is 18.7. The highest BCUT2D eigenvalue weighted by Crippen LogP contribution is 2.32. The van der Waals surface area contributed by atoms with Crippen LogP contribution < -0.4 is 10.5 Å². The molecule has 0 aliphatic heterocycles. The van der Waals surface area contributed by atoms with E-state index in [1.54, 1.807) is 30.3 Å². The average molecular weight is 451 g/mol. The Kier molecular flexibility index (Phi) is 9.23. The van der Waals surface area contributed by atoms with Crippen LogP contribution in [0, 0.1) is 11.2 Å². The van der Waals surface area contributed by atoms with E-state index in [0.717, 1.165) is 22.9 Å². The minimum absolute atomic E-state index is 0.0115. The molecule has 2 aromatic rings. The number of benzene rings is 2. The Labute approximate surface area is 187 Å². The lowest BCUT2D eigenvalue weighted by Crippen LogP contribution is -2.29. The summed E-state index contributed by atoms with van der Waals surface area (Å²) in [5.41, 5.74) is 6.74. The van der Waals surface area contributed by atoms with Crippen molar-refractivity contribution in [2.24, 2.45) is 5.73 Å². The molecule has 1 amide bonds. The third-order valence-electron chi connectivity index (χ3n) is 4.57. The number of carbonyl (C=O) groups is 1. The molecular weight excluding hydrogens is 423 g/mol. The summed E-state index contributed by atoms with van der Waals surface area (Å²) < 4.78 is 26.7. The number of nitrogens with two attached hydrogens (primary N) is 1. The molecular formula is C22H28ClFN4O3. The normalized spacial score (nSPS) is 11.9. The maximum atomic E-state index is 14.7. The summed E-state index contributed by atoms with van der Waals surface area (Å²) in [6.07, 6.45) is -0.522. The second-order valence-corrected chi connectivity index (χ2v) is 7.65. The smallest absolute Gasteiger partial charge is 0.271 e. The molecule has 0 spiro atoms. The zero-order valence-electron chi connectivity index (χ0n) is 17.9. The molecule has 1 unspecified atom stereocenters. The first kappa shape index (κ1) is 24.6. The van der Waals surface area contributed by atoms with Crippen molar-refractivity contribution in [2.45, 2.75) is 19.1 Å². The number of rotatable bonds is 11. The average Bonchev–Trinajstić information content (AvgIpc) is 2.73. The third-order valence-corrected chi connectivity index (χ3v) is 4.85. The van der Waals surface area contributed by atoms with Crippen LogP contribution in [0.2, 0.25) is 0 Å². The molecule has 168 valence electrons. The van der Waals surface area contributed by atoms with Crippen LogP contribution in [0.3, 0.4) is 0 Å². The van der Waals surface area contributed by atoms with Crippen molar-refractivity contribution in [3.8, 4) is 5.75 Å². The Morgan fingerprint density at radius 2 is 1.90 bits per heavy atom. The van der Waals surface area contributed by atoms with Gasteiger partial charge in [0.15, 0.2) is 6.10 Å². The van der Waals surface area contributed by atoms with Gasteiger partial charge in [0.2, 0.25) is 0 Å². The standard InChI is InChI=1S/C22H28ClFN4O3/c1-27(2)12-5-13-31-18-7-4-6-17(24)19(18)20(30-3)22(29)28(23)14-15-8-10-16(11-9-15)21(25)26/h4,6-11,20H,5,12-14H2,1-3H3,(H3,25,26). The molecule has 9 heteroatoms. The monoisotopic (exact) mass is 450 g/mol. The van der Waals surface area contributed by atoms with Gasteiger partial charge < -0.3 is 20.1 Å². The number of nitrogen functional groups attached to an aromatic ring is 1. The summed E-state index contributed by atoms with van der Waals surface area (Å²) in [5, 5.41) is 7.43. The first-order valence-electron chi connectivity index (χ1n) is 9.73. The zero-order chi connectivity index (χ0) is 23.0. The van der Waals surface area contributed by atoms with Crippen molar-refractivity contribution in [1.29, 1.82) is 5.41 Å². The molecule has 2 aromatic carbocycles. The van der Waals surface area contributed by atoms with Crippen LogP contribution in [0.25, 0.3) is 0 Å². The number of nitrogens with zero attached hydrogens (tertiary/aromatic N) is 2. The van der Waals surface area contributed by atoms with E-state index in [4.69, 9.17) is 32.4 Å². The Bertz CT molecular complexity index is 893. The van der Waals surface area contributed by atoms with Crippen LogP contribution in [0.4, 0.5) is 4.39 Å². The Morgan fingerprint density at radius 1 is 1.23 bits per heavy atom. The Morgan fingerprint density at radius 3 is 2.48 bits per heavy atom. The molecule has 7 nitrogen and oxygen atoms in total. The molecule has 2 rings (SSSR count). The van der Waals surface area contributed by atoms with Gasteiger partial charge in [-0.2, -0.15) is 0 Å². The lowest BCUT2D eigenvalue weighted by Gasteiger charge is -2.23. The van der Waals surface area contributed by atoms with E-state index in [1.165, 1.54) is 19.2 Å². The number of hydrogen-bond donors (Lipinski definition) is 2. The van der Waals surface area contributed by atoms with Crippen molar-refractivity contribution < 1.29 is 18.7 Å². The number of hydrogen-bond acceptors (Lipinski definition) is 5. The first-order valence-corrected chi connectivity index (χ1v) is 10.1. The Balaban J connectivity index is 2.16. The summed E-state index contributed by atoms with van der Waals surface area (Å²) in [7, 11) is 5.23. The van der Waals surface area contributed by atoms with Gasteiger partial charge in [-0.3, -0.25) is 10.2 Å². The molecule has 0 heterocycles. The topological polar surface area (TPSA) is 91.9 Å². The number of halogens is 2. The molecule has 0 fully saturated rings. The number of carbonyl (C=O) groups excluding carboxylic acids is 1. The first-order chi connectivity index (χ1) is 14.7. The number of amides is 1. The largest absolute Gasteiger partial charge is 0.493 e. The lowest BCUT2D eigenvalue weighted by molar-refractivity contribution is -0.138. The SMILES string of the molecule is COC(C(=O)N(Cl)Cc1ccc(C(=N)N)cc1)c1c(F)cccc1OCCCN(C)C. The molecule has 3 N–H and O–H groups in total. The van der Waals surface area contributed by atoms with E-state index in [1.807, 2.05) is 19.0 Å². The lowest BCUT2D eigenvalue weighted by atomic mass is 10.1. The van der Waals surface area contributed by atoms with Crippen molar-refractivity contribution in [2.75, 3.05) is 34.4 Å². The summed E-state index contributed by atoms with van der Waals surface area (Å²) in [6, 6.07) is 11.1. The van der Waals surface area contributed by atoms with Crippen LogP contribution in [0.1, 0.15) is 29.2 Å². The molecule has 0 aliphatic carbocycles. The highest BCUT2D eigenvalue weighted by atomic mass is 35.5. The fourth-order valence-electron chi connectivity index (χ4n) is 2.96. The third kappa shape index (κ3) is 6.92. The van der Waals surface area contributed by atoms with E-state index in [9.17, 15) is 9.18 Å². The van der Waals surface area contributed by atoms with Crippen LogP contribution in [-0.2, 0) is 16.1 Å². The molecule has 0 radical (unpaired) electrons. The predicted octanol–water partition coefficient (Wildman–Crippen LogP) is 3.31. The molecule has 0 aromatic heterocycles. The fourth-order valence-corrected chi connectivity index (χ4v) is 3.18. The number of nitrogens with one attached hydrogen (secondary N) is 1. The van der Waals surface area contributed by atoms with Crippen LogP contribution in [0.5, 0.6) is 5.75 Å². The van der Waals surface area contributed by atoms with E-state index < -0.39 is 17.8 Å². The minimum atomic E-state index is -1.26. The minimum Gasteiger partial charge on any atom is -0.493 e. The summed E-state index contributed by atoms with van der Waals surface area (Å²) in [4.78, 5) is 15.0. The van der Waals surface area contributed by atoms with Crippen molar-refractivity contribution in [3.63, 3.8) is 0 Å². The molecule has 1 atom stereocenters. The molecule has 0 saturated heterocycles.